The molecule has 0 unspecified atom stereocenters. The summed E-state index contributed by atoms with van der Waals surface area (Å²) in [5.74, 6) is 0.754. The third-order valence-electron chi connectivity index (χ3n) is 2.95. The lowest BCUT2D eigenvalue weighted by Gasteiger charge is -2.11. The molecule has 21 heavy (non-hydrogen) atoms. The van der Waals surface area contributed by atoms with E-state index in [4.69, 9.17) is 19.9 Å². The lowest BCUT2D eigenvalue weighted by atomic mass is 10.2. The average molecular weight is 296 g/mol. The molecule has 0 aliphatic carbocycles. The third kappa shape index (κ3) is 7.78. The predicted octanol–water partition coefficient (Wildman–Crippen LogP) is 2.91. The minimum atomic E-state index is 0.657. The molecule has 3 N–H and O–H groups in total. The van der Waals surface area contributed by atoms with Crippen LogP contribution < -0.4 is 15.8 Å². The van der Waals surface area contributed by atoms with Crippen molar-refractivity contribution in [2.45, 2.75) is 26.2 Å². The summed E-state index contributed by atoms with van der Waals surface area (Å²) in [5, 5.41) is 3.37. The van der Waals surface area contributed by atoms with E-state index < -0.39 is 0 Å². The number of rotatable bonds is 12. The maximum Gasteiger partial charge on any atom is 0.144 e. The fourth-order valence-corrected chi connectivity index (χ4v) is 1.79. The Labute approximate surface area is 127 Å². The van der Waals surface area contributed by atoms with Crippen LogP contribution in [0.3, 0.4) is 0 Å². The smallest absolute Gasteiger partial charge is 0.144 e. The van der Waals surface area contributed by atoms with E-state index in [2.05, 4.69) is 12.2 Å². The molecule has 0 bridgehead atoms. The standard InChI is InChI=1S/C16H28N2O3/c1-3-9-21-16-13-14(6-7-15(16)17)18-8-4-5-10-20-12-11-19-2/h6-7,13,18H,3-5,8-12,17H2,1-2H3. The molecule has 1 aromatic rings. The van der Waals surface area contributed by atoms with E-state index in [1.165, 1.54) is 0 Å². The van der Waals surface area contributed by atoms with Crippen molar-refractivity contribution in [1.82, 2.24) is 0 Å². The topological polar surface area (TPSA) is 65.7 Å². The number of hydrogen-bond acceptors (Lipinski definition) is 5. The second-order valence-corrected chi connectivity index (χ2v) is 4.84. The molecule has 0 saturated carbocycles. The number of nitrogens with one attached hydrogen (secondary N) is 1. The van der Waals surface area contributed by atoms with Crippen LogP contribution in [-0.2, 0) is 9.47 Å². The van der Waals surface area contributed by atoms with Crippen LogP contribution in [-0.4, -0.2) is 40.1 Å². The summed E-state index contributed by atoms with van der Waals surface area (Å²) in [6, 6.07) is 5.81. The minimum absolute atomic E-state index is 0.657. The number of unbranched alkanes of at least 4 members (excludes halogenated alkanes) is 1. The van der Waals surface area contributed by atoms with Gasteiger partial charge >= 0.3 is 0 Å². The Kier molecular flexibility index (Phi) is 9.40. The first-order chi connectivity index (χ1) is 10.3. The molecule has 1 aromatic carbocycles. The summed E-state index contributed by atoms with van der Waals surface area (Å²) in [4.78, 5) is 0. The SMILES string of the molecule is CCCOc1cc(NCCCCOCCOC)ccc1N. The van der Waals surface area contributed by atoms with Gasteiger partial charge in [-0.2, -0.15) is 0 Å². The van der Waals surface area contributed by atoms with Crippen LogP contribution in [0.5, 0.6) is 5.75 Å². The Morgan fingerprint density at radius 2 is 1.95 bits per heavy atom. The second-order valence-electron chi connectivity index (χ2n) is 4.84. The van der Waals surface area contributed by atoms with Gasteiger partial charge in [-0.15, -0.1) is 0 Å². The van der Waals surface area contributed by atoms with Crippen LogP contribution in [0.4, 0.5) is 11.4 Å². The number of nitrogen functional groups attached to an aromatic ring is 1. The first-order valence-electron chi connectivity index (χ1n) is 7.60. The van der Waals surface area contributed by atoms with Gasteiger partial charge in [-0.3, -0.25) is 0 Å². The number of ether oxygens (including phenoxy) is 3. The van der Waals surface area contributed by atoms with Gasteiger partial charge in [0.25, 0.3) is 0 Å². The van der Waals surface area contributed by atoms with Gasteiger partial charge in [0, 0.05) is 32.0 Å². The zero-order valence-electron chi connectivity index (χ0n) is 13.2. The minimum Gasteiger partial charge on any atom is -0.491 e. The summed E-state index contributed by atoms with van der Waals surface area (Å²) in [6.07, 6.45) is 3.06. The molecular weight excluding hydrogens is 268 g/mol. The Bertz CT molecular complexity index is 386. The van der Waals surface area contributed by atoms with E-state index in [1.54, 1.807) is 7.11 Å². The number of benzene rings is 1. The van der Waals surface area contributed by atoms with Gasteiger partial charge in [-0.25, -0.2) is 0 Å². The molecule has 0 fully saturated rings. The molecule has 0 heterocycles. The van der Waals surface area contributed by atoms with Gasteiger partial charge in [0.15, 0.2) is 0 Å². The summed E-state index contributed by atoms with van der Waals surface area (Å²) in [5.41, 5.74) is 7.60. The number of methoxy groups -OCH3 is 1. The van der Waals surface area contributed by atoms with Crippen LogP contribution in [0.2, 0.25) is 0 Å². The van der Waals surface area contributed by atoms with Crippen molar-refractivity contribution in [1.29, 1.82) is 0 Å². The van der Waals surface area contributed by atoms with Crippen LogP contribution >= 0.6 is 0 Å². The predicted molar refractivity (Wildman–Crippen MR) is 87.1 cm³/mol. The third-order valence-corrected chi connectivity index (χ3v) is 2.95. The molecule has 5 nitrogen and oxygen atoms in total. The quantitative estimate of drug-likeness (QED) is 0.458. The average Bonchev–Trinajstić information content (AvgIpc) is 2.50. The van der Waals surface area contributed by atoms with Crippen molar-refractivity contribution >= 4 is 11.4 Å². The highest BCUT2D eigenvalue weighted by Gasteiger charge is 2.02. The normalized spacial score (nSPS) is 10.6. The van der Waals surface area contributed by atoms with Gasteiger partial charge in [-0.05, 0) is 31.4 Å². The Morgan fingerprint density at radius 1 is 1.10 bits per heavy atom. The zero-order chi connectivity index (χ0) is 15.3. The van der Waals surface area contributed by atoms with Crippen LogP contribution in [0.1, 0.15) is 26.2 Å². The van der Waals surface area contributed by atoms with Crippen LogP contribution in [0, 0.1) is 0 Å². The van der Waals surface area contributed by atoms with Gasteiger partial charge in [0.05, 0.1) is 25.5 Å². The molecule has 1 rings (SSSR count). The molecule has 5 heteroatoms. The second kappa shape index (κ2) is 11.2. The van der Waals surface area contributed by atoms with Crippen LogP contribution in [0.15, 0.2) is 18.2 Å². The fraction of sp³-hybridized carbons (Fsp3) is 0.625. The maximum atomic E-state index is 5.88. The fourth-order valence-electron chi connectivity index (χ4n) is 1.79. The van der Waals surface area contributed by atoms with Crippen molar-refractivity contribution < 1.29 is 14.2 Å². The summed E-state index contributed by atoms with van der Waals surface area (Å²) >= 11 is 0. The molecule has 0 atom stereocenters. The van der Waals surface area contributed by atoms with Gasteiger partial charge in [0.2, 0.25) is 0 Å². The summed E-state index contributed by atoms with van der Waals surface area (Å²) in [6.45, 7) is 5.77. The van der Waals surface area contributed by atoms with Crippen molar-refractivity contribution in [2.75, 3.05) is 51.1 Å². The molecule has 0 saturated heterocycles. The molecule has 0 radical (unpaired) electrons. The van der Waals surface area contributed by atoms with E-state index in [1.807, 2.05) is 18.2 Å². The van der Waals surface area contributed by atoms with E-state index in [-0.39, 0.29) is 0 Å². The molecule has 0 spiro atoms. The molecule has 0 amide bonds. The lowest BCUT2D eigenvalue weighted by Crippen LogP contribution is -2.06. The number of nitrogens with two attached hydrogens (primary N) is 1. The molecular formula is C16H28N2O3. The van der Waals surface area contributed by atoms with E-state index in [0.717, 1.165) is 43.9 Å². The molecule has 0 aliphatic heterocycles. The van der Waals surface area contributed by atoms with Gasteiger partial charge < -0.3 is 25.3 Å². The Hall–Kier alpha value is -1.46. The zero-order valence-corrected chi connectivity index (χ0v) is 13.2. The molecule has 0 aliphatic rings. The highest BCUT2D eigenvalue weighted by molar-refractivity contribution is 5.61. The molecule has 120 valence electrons. The maximum absolute atomic E-state index is 5.88. The molecule has 0 aromatic heterocycles. The summed E-state index contributed by atoms with van der Waals surface area (Å²) in [7, 11) is 1.68. The van der Waals surface area contributed by atoms with Crippen molar-refractivity contribution in [3.63, 3.8) is 0 Å². The highest BCUT2D eigenvalue weighted by Crippen LogP contribution is 2.25. The first kappa shape index (κ1) is 17.6. The Morgan fingerprint density at radius 3 is 2.71 bits per heavy atom. The van der Waals surface area contributed by atoms with E-state index >= 15 is 0 Å². The monoisotopic (exact) mass is 296 g/mol. The van der Waals surface area contributed by atoms with Gasteiger partial charge in [-0.1, -0.05) is 6.92 Å². The number of anilines is 2. The van der Waals surface area contributed by atoms with E-state index in [9.17, 15) is 0 Å². The van der Waals surface area contributed by atoms with Crippen molar-refractivity contribution in [2.24, 2.45) is 0 Å². The first-order valence-corrected chi connectivity index (χ1v) is 7.60. The Balaban J connectivity index is 2.19. The highest BCUT2D eigenvalue weighted by atomic mass is 16.5. The lowest BCUT2D eigenvalue weighted by molar-refractivity contribution is 0.0691. The van der Waals surface area contributed by atoms with Crippen molar-refractivity contribution in [3.8, 4) is 5.75 Å². The van der Waals surface area contributed by atoms with Gasteiger partial charge in [0.1, 0.15) is 5.75 Å². The largest absolute Gasteiger partial charge is 0.491 e. The summed E-state index contributed by atoms with van der Waals surface area (Å²) < 4.78 is 15.9. The van der Waals surface area contributed by atoms with Crippen molar-refractivity contribution in [3.05, 3.63) is 18.2 Å². The van der Waals surface area contributed by atoms with E-state index in [0.29, 0.717) is 25.5 Å². The van der Waals surface area contributed by atoms with Crippen LogP contribution in [0.25, 0.3) is 0 Å². The number of hydrogen-bond donors (Lipinski definition) is 2.